The minimum atomic E-state index is -0.488. The van der Waals surface area contributed by atoms with Crippen LogP contribution in [0.5, 0.6) is 0 Å². The molecule has 0 N–H and O–H groups in total. The van der Waals surface area contributed by atoms with E-state index in [1.54, 1.807) is 29.7 Å². The highest BCUT2D eigenvalue weighted by molar-refractivity contribution is 5.98. The first-order valence-corrected chi connectivity index (χ1v) is 7.08. The van der Waals surface area contributed by atoms with Crippen LogP contribution in [0, 0.1) is 0 Å². The molecule has 0 aromatic carbocycles. The van der Waals surface area contributed by atoms with Gasteiger partial charge in [0.25, 0.3) is 0 Å². The summed E-state index contributed by atoms with van der Waals surface area (Å²) in [6, 6.07) is 3.31. The Bertz CT molecular complexity index is 726. The molecule has 0 aliphatic carbocycles. The Balaban J connectivity index is 2.78. The van der Waals surface area contributed by atoms with E-state index in [9.17, 15) is 9.59 Å². The lowest BCUT2D eigenvalue weighted by Crippen LogP contribution is -2.18. The molecule has 2 heterocycles. The summed E-state index contributed by atoms with van der Waals surface area (Å²) in [5, 5.41) is 0. The second-order valence-corrected chi connectivity index (χ2v) is 5.89. The van der Waals surface area contributed by atoms with Gasteiger partial charge in [-0.1, -0.05) is 20.8 Å². The molecule has 0 bridgehead atoms. The van der Waals surface area contributed by atoms with Crippen molar-refractivity contribution in [2.24, 2.45) is 0 Å². The molecule has 0 radical (unpaired) electrons. The summed E-state index contributed by atoms with van der Waals surface area (Å²) < 4.78 is 11.5. The summed E-state index contributed by atoms with van der Waals surface area (Å²) in [4.78, 5) is 28.8. The van der Waals surface area contributed by atoms with Crippen LogP contribution < -0.4 is 0 Å². The Labute approximate surface area is 129 Å². The molecular formula is C16H20N2O4. The number of esters is 2. The maximum absolute atomic E-state index is 12.2. The largest absolute Gasteiger partial charge is 0.464 e. The van der Waals surface area contributed by atoms with E-state index in [0.29, 0.717) is 22.6 Å². The number of imidazole rings is 1. The smallest absolute Gasteiger partial charge is 0.357 e. The van der Waals surface area contributed by atoms with E-state index in [0.717, 1.165) is 0 Å². The lowest BCUT2D eigenvalue weighted by atomic mass is 9.91. The van der Waals surface area contributed by atoms with E-state index in [1.165, 1.54) is 7.11 Å². The third-order valence-electron chi connectivity index (χ3n) is 3.23. The molecule has 6 heteroatoms. The molecule has 6 nitrogen and oxygen atoms in total. The van der Waals surface area contributed by atoms with Gasteiger partial charge in [0, 0.05) is 11.6 Å². The first kappa shape index (κ1) is 16.0. The highest BCUT2D eigenvalue weighted by Gasteiger charge is 2.30. The van der Waals surface area contributed by atoms with Crippen LogP contribution in [0.1, 0.15) is 54.2 Å². The minimum Gasteiger partial charge on any atom is -0.464 e. The zero-order valence-corrected chi connectivity index (χ0v) is 13.5. The van der Waals surface area contributed by atoms with Gasteiger partial charge in [0.1, 0.15) is 5.56 Å². The number of hydrogen-bond donors (Lipinski definition) is 0. The van der Waals surface area contributed by atoms with Gasteiger partial charge in [-0.05, 0) is 19.1 Å². The normalized spacial score (nSPS) is 11.5. The predicted octanol–water partition coefficient (Wildman–Crippen LogP) is 2.60. The number of fused-ring (bicyclic) bond motifs is 1. The van der Waals surface area contributed by atoms with E-state index in [4.69, 9.17) is 9.47 Å². The second kappa shape index (κ2) is 5.79. The molecule has 0 aliphatic heterocycles. The number of carbonyl (C=O) groups is 2. The molecule has 0 atom stereocenters. The van der Waals surface area contributed by atoms with Crippen LogP contribution in [0.4, 0.5) is 0 Å². The number of aromatic nitrogens is 2. The first-order valence-electron chi connectivity index (χ1n) is 7.08. The van der Waals surface area contributed by atoms with Gasteiger partial charge in [0.05, 0.1) is 19.4 Å². The summed E-state index contributed by atoms with van der Waals surface area (Å²) in [7, 11) is 1.32. The third-order valence-corrected chi connectivity index (χ3v) is 3.23. The Morgan fingerprint density at radius 2 is 1.95 bits per heavy atom. The third kappa shape index (κ3) is 2.68. The fraction of sp³-hybridized carbons (Fsp3) is 0.438. The van der Waals surface area contributed by atoms with Crippen LogP contribution in [-0.4, -0.2) is 35.0 Å². The summed E-state index contributed by atoms with van der Waals surface area (Å²) in [5.41, 5.74) is 1.25. The number of pyridine rings is 1. The van der Waals surface area contributed by atoms with E-state index in [-0.39, 0.29) is 12.0 Å². The van der Waals surface area contributed by atoms with Crippen molar-refractivity contribution in [3.05, 3.63) is 35.3 Å². The maximum Gasteiger partial charge on any atom is 0.357 e. The van der Waals surface area contributed by atoms with Crippen molar-refractivity contribution in [1.82, 2.24) is 9.38 Å². The fourth-order valence-electron chi connectivity index (χ4n) is 2.25. The standard InChI is InChI=1S/C16H20N2O4/c1-6-22-14(19)10-8-7-9-18-11(15(20)21-5)12(16(2,3)4)17-13(10)18/h7-9H,6H2,1-5H3. The van der Waals surface area contributed by atoms with Crippen LogP contribution in [0.15, 0.2) is 18.3 Å². The van der Waals surface area contributed by atoms with Crippen LogP contribution in [0.2, 0.25) is 0 Å². The van der Waals surface area contributed by atoms with Crippen molar-refractivity contribution < 1.29 is 19.1 Å². The predicted molar refractivity (Wildman–Crippen MR) is 81.2 cm³/mol. The molecule has 0 fully saturated rings. The van der Waals surface area contributed by atoms with Crippen LogP contribution in [0.25, 0.3) is 5.65 Å². The van der Waals surface area contributed by atoms with E-state index in [1.807, 2.05) is 20.8 Å². The van der Waals surface area contributed by atoms with Crippen LogP contribution in [-0.2, 0) is 14.9 Å². The van der Waals surface area contributed by atoms with Crippen molar-refractivity contribution in [2.45, 2.75) is 33.1 Å². The average molecular weight is 304 g/mol. The quantitative estimate of drug-likeness (QED) is 0.815. The molecule has 0 saturated heterocycles. The first-order chi connectivity index (χ1) is 10.3. The Morgan fingerprint density at radius 1 is 1.27 bits per heavy atom. The maximum atomic E-state index is 12.2. The molecule has 0 amide bonds. The SMILES string of the molecule is CCOC(=O)c1cccn2c(C(=O)OC)c(C(C)(C)C)nc12. The molecule has 2 aromatic heterocycles. The van der Waals surface area contributed by atoms with E-state index in [2.05, 4.69) is 4.98 Å². The highest BCUT2D eigenvalue weighted by Crippen LogP contribution is 2.28. The zero-order chi connectivity index (χ0) is 16.5. The number of nitrogens with zero attached hydrogens (tertiary/aromatic N) is 2. The second-order valence-electron chi connectivity index (χ2n) is 5.89. The molecule has 0 aliphatic rings. The lowest BCUT2D eigenvalue weighted by Gasteiger charge is -2.16. The highest BCUT2D eigenvalue weighted by atomic mass is 16.5. The summed E-state index contributed by atoms with van der Waals surface area (Å²) in [6.07, 6.45) is 1.69. The van der Waals surface area contributed by atoms with Gasteiger partial charge in [-0.2, -0.15) is 0 Å². The summed E-state index contributed by atoms with van der Waals surface area (Å²) in [6.45, 7) is 7.86. The average Bonchev–Trinajstić information content (AvgIpc) is 2.86. The molecule has 2 rings (SSSR count). The monoisotopic (exact) mass is 304 g/mol. The van der Waals surface area contributed by atoms with E-state index >= 15 is 0 Å². The van der Waals surface area contributed by atoms with Crippen molar-refractivity contribution in [1.29, 1.82) is 0 Å². The van der Waals surface area contributed by atoms with Gasteiger partial charge in [-0.3, -0.25) is 4.40 Å². The van der Waals surface area contributed by atoms with Gasteiger partial charge >= 0.3 is 11.9 Å². The van der Waals surface area contributed by atoms with Crippen LogP contribution in [0.3, 0.4) is 0 Å². The van der Waals surface area contributed by atoms with Crippen LogP contribution >= 0.6 is 0 Å². The van der Waals surface area contributed by atoms with Crippen molar-refractivity contribution >= 4 is 17.6 Å². The van der Waals surface area contributed by atoms with Gasteiger partial charge in [-0.25, -0.2) is 14.6 Å². The molecule has 0 unspecified atom stereocenters. The van der Waals surface area contributed by atoms with Gasteiger partial charge in [0.15, 0.2) is 11.3 Å². The summed E-state index contributed by atoms with van der Waals surface area (Å²) in [5.74, 6) is -0.951. The topological polar surface area (TPSA) is 69.9 Å². The number of ether oxygens (including phenoxy) is 2. The Hall–Kier alpha value is -2.37. The number of rotatable bonds is 3. The van der Waals surface area contributed by atoms with Crippen molar-refractivity contribution in [3.8, 4) is 0 Å². The molecule has 22 heavy (non-hydrogen) atoms. The summed E-state index contributed by atoms with van der Waals surface area (Å²) >= 11 is 0. The fourth-order valence-corrected chi connectivity index (χ4v) is 2.25. The van der Waals surface area contributed by atoms with Gasteiger partial charge in [-0.15, -0.1) is 0 Å². The number of carbonyl (C=O) groups excluding carboxylic acids is 2. The van der Waals surface area contributed by atoms with Gasteiger partial charge < -0.3 is 9.47 Å². The van der Waals surface area contributed by atoms with Crippen molar-refractivity contribution in [3.63, 3.8) is 0 Å². The molecule has 0 spiro atoms. The molecule has 0 saturated carbocycles. The van der Waals surface area contributed by atoms with Crippen molar-refractivity contribution in [2.75, 3.05) is 13.7 Å². The Morgan fingerprint density at radius 3 is 2.50 bits per heavy atom. The lowest BCUT2D eigenvalue weighted by molar-refractivity contribution is 0.0525. The molecule has 118 valence electrons. The number of hydrogen-bond acceptors (Lipinski definition) is 5. The number of methoxy groups -OCH3 is 1. The van der Waals surface area contributed by atoms with E-state index < -0.39 is 11.9 Å². The zero-order valence-electron chi connectivity index (χ0n) is 13.5. The minimum absolute atomic E-state index is 0.274. The Kier molecular flexibility index (Phi) is 4.21. The molecular weight excluding hydrogens is 284 g/mol. The molecule has 2 aromatic rings. The van der Waals surface area contributed by atoms with Gasteiger partial charge in [0.2, 0.25) is 0 Å².